The van der Waals surface area contributed by atoms with Crippen LogP contribution in [0.5, 0.6) is 0 Å². The number of rotatable bonds is 16. The zero-order valence-electron chi connectivity index (χ0n) is 37.9. The Morgan fingerprint density at radius 1 is 0.973 bits per heavy atom. The highest BCUT2D eigenvalue weighted by Gasteiger charge is 2.68. The van der Waals surface area contributed by atoms with Crippen LogP contribution in [0.25, 0.3) is 22.0 Å². The highest BCUT2D eigenvalue weighted by atomic mass is 35.5. The molecule has 3 heterocycles. The number of hydrogen-bond donors (Lipinski definition) is 4. The van der Waals surface area contributed by atoms with Crippen molar-refractivity contribution in [2.75, 3.05) is 6.26 Å². The first-order valence-corrected chi connectivity index (χ1v) is 25.3. The number of benzene rings is 2. The third-order valence-electron chi connectivity index (χ3n) is 12.0. The van der Waals surface area contributed by atoms with E-state index in [1.165, 1.54) is 13.8 Å². The summed E-state index contributed by atoms with van der Waals surface area (Å²) in [6, 6.07) is 3.10. The number of alkyl halides is 8. The van der Waals surface area contributed by atoms with E-state index in [0.717, 1.165) is 42.7 Å². The number of amides is 2. The highest BCUT2D eigenvalue weighted by molar-refractivity contribution is 7.92. The lowest BCUT2D eigenvalue weighted by molar-refractivity contribution is -0.143. The van der Waals surface area contributed by atoms with Crippen molar-refractivity contribution in [1.29, 1.82) is 0 Å². The van der Waals surface area contributed by atoms with E-state index in [4.69, 9.17) is 22.4 Å². The molecule has 1 fully saturated rings. The highest BCUT2D eigenvalue weighted by Crippen LogP contribution is 2.68. The van der Waals surface area contributed by atoms with Crippen molar-refractivity contribution < 1.29 is 80.2 Å². The molecule has 0 aliphatic heterocycles. The Morgan fingerprint density at radius 3 is 2.22 bits per heavy atom. The first kappa shape index (κ1) is 54.5. The van der Waals surface area contributed by atoms with E-state index in [-0.39, 0.29) is 33.5 Å². The van der Waals surface area contributed by atoms with Crippen molar-refractivity contribution in [2.45, 2.75) is 99.4 Å². The molecule has 0 unspecified atom stereocenters. The van der Waals surface area contributed by atoms with Crippen molar-refractivity contribution >= 4 is 60.1 Å². The number of carbonyl (C=O) groups is 3. The van der Waals surface area contributed by atoms with Crippen LogP contribution in [0.2, 0.25) is 5.02 Å². The topological polar surface area (TPSA) is 238 Å². The maximum Gasteiger partial charge on any atom is 0.435 e. The SMILES string of the molecule is CC(C)(C#Cc1ccc(-c2ccc(Cl)c3c(CS(=O)(=O)NC(=O)[C@@H](N)CCC(=O)O)nn(CC(F)(F)F)c23)c([C@H](Cc2cc(F)cc(F)c2)NC(=O)Cn2nc(C(F)(F)F)c3c2C(F)(F)[C@@H]2C[C@H]32)n1)S(C)(=O)=O. The normalized spacial score (nSPS) is 17.3. The average Bonchev–Trinajstić information content (AvgIpc) is 3.77. The summed E-state index contributed by atoms with van der Waals surface area (Å²) in [5.41, 5.74) is -0.859. The van der Waals surface area contributed by atoms with Gasteiger partial charge in [-0.25, -0.2) is 30.6 Å². The maximum atomic E-state index is 15.6. The monoisotopic (exact) mass is 1100 g/mol. The minimum Gasteiger partial charge on any atom is -0.481 e. The summed E-state index contributed by atoms with van der Waals surface area (Å²) in [4.78, 5) is 42.3. The summed E-state index contributed by atoms with van der Waals surface area (Å²) in [5, 5.41) is 17.7. The number of fused-ring (bicyclic) bond motifs is 4. The number of hydrogen-bond acceptors (Lipinski definition) is 11. The van der Waals surface area contributed by atoms with Gasteiger partial charge in [0.2, 0.25) is 21.8 Å². The number of aliphatic carboxylic acids is 1. The van der Waals surface area contributed by atoms with Gasteiger partial charge in [-0.3, -0.25) is 28.5 Å². The largest absolute Gasteiger partial charge is 0.481 e. The molecule has 5 N–H and O–H groups in total. The Labute approximate surface area is 412 Å². The van der Waals surface area contributed by atoms with Crippen LogP contribution < -0.4 is 15.8 Å². The van der Waals surface area contributed by atoms with E-state index >= 15 is 8.78 Å². The van der Waals surface area contributed by atoms with Crippen molar-refractivity contribution in [3.63, 3.8) is 0 Å². The van der Waals surface area contributed by atoms with E-state index in [9.17, 15) is 66.3 Å². The lowest BCUT2D eigenvalue weighted by Crippen LogP contribution is -2.44. The lowest BCUT2D eigenvalue weighted by Gasteiger charge is -2.23. The second-order valence-electron chi connectivity index (χ2n) is 17.9. The fourth-order valence-electron chi connectivity index (χ4n) is 8.31. The number of carboxylic acid groups (broad SMARTS) is 1. The average molecular weight is 1100 g/mol. The molecule has 0 bridgehead atoms. The number of aromatic nitrogens is 5. The van der Waals surface area contributed by atoms with Gasteiger partial charge in [-0.05, 0) is 80.8 Å². The first-order valence-electron chi connectivity index (χ1n) is 21.4. The molecule has 2 aromatic carbocycles. The van der Waals surface area contributed by atoms with Gasteiger partial charge >= 0.3 is 18.3 Å². The molecule has 0 spiro atoms. The number of nitrogens with one attached hydrogen (secondary N) is 2. The number of nitrogens with zero attached hydrogens (tertiary/aromatic N) is 5. The molecule has 3 aromatic heterocycles. The molecule has 392 valence electrons. The lowest BCUT2D eigenvalue weighted by atomic mass is 9.93. The van der Waals surface area contributed by atoms with Crippen LogP contribution >= 0.6 is 11.6 Å². The van der Waals surface area contributed by atoms with Gasteiger partial charge in [0.05, 0.1) is 34.0 Å². The van der Waals surface area contributed by atoms with Crippen LogP contribution in [0, 0.1) is 29.4 Å². The molecule has 5 aromatic rings. The minimum atomic E-state index is -5.23. The van der Waals surface area contributed by atoms with Gasteiger partial charge in [-0.15, -0.1) is 0 Å². The molecule has 2 amide bonds. The quantitative estimate of drug-likeness (QED) is 0.0618. The number of nitrogens with two attached hydrogens (primary N) is 1. The van der Waals surface area contributed by atoms with Crippen LogP contribution in [0.1, 0.15) is 84.7 Å². The fourth-order valence-corrected chi connectivity index (χ4v) is 9.90. The molecule has 2 aliphatic carbocycles. The Balaban J connectivity index is 1.42. The summed E-state index contributed by atoms with van der Waals surface area (Å²) in [6.07, 6.45) is -11.6. The second kappa shape index (κ2) is 19.2. The maximum absolute atomic E-state index is 15.6. The molecule has 7 rings (SSSR count). The summed E-state index contributed by atoms with van der Waals surface area (Å²) in [5.74, 6) is -9.21. The van der Waals surface area contributed by atoms with Crippen LogP contribution in [0.3, 0.4) is 0 Å². The van der Waals surface area contributed by atoms with E-state index in [1.807, 2.05) is 0 Å². The number of halogens is 11. The van der Waals surface area contributed by atoms with Gasteiger partial charge < -0.3 is 16.2 Å². The molecule has 1 saturated carbocycles. The van der Waals surface area contributed by atoms with Crippen LogP contribution in [0.4, 0.5) is 43.9 Å². The molecule has 4 atom stereocenters. The standard InChI is InChI=1S/C44H39ClF10N8O8S2/c1-41(2,72(3,68)69)11-10-23-4-5-24(25-6-7-28(45)35-31(59-63(37(25)35)19-42(48,49)50)18-73(70,71)61-40(67)29(56)8-9-33(65)66)36(57-23)30(14-20-12-21(46)15-22(47)13-20)58-32(64)17-62-39-34(38(60-62)44(53,54)55)26-16-27(26)43(39,51)52/h4-7,12-13,15,26-27,29-30H,8-9,14,16-19,56H2,1-3H3,(H,58,64)(H,61,67)(H,65,66)/t26-,27+,29-,30-/m0/s1. The summed E-state index contributed by atoms with van der Waals surface area (Å²) in [7, 11) is -8.84. The van der Waals surface area contributed by atoms with Crippen LogP contribution in [-0.2, 0) is 71.6 Å². The van der Waals surface area contributed by atoms with Crippen LogP contribution in [0.15, 0.2) is 42.5 Å². The fraction of sp³-hybridized carbons (Fsp3) is 0.409. The van der Waals surface area contributed by atoms with Gasteiger partial charge in [0.1, 0.15) is 46.6 Å². The molecular formula is C44H39ClF10N8O8S2. The third-order valence-corrected chi connectivity index (χ3v) is 15.4. The second-order valence-corrected chi connectivity index (χ2v) is 22.6. The van der Waals surface area contributed by atoms with Crippen molar-refractivity contribution in [3.8, 4) is 23.0 Å². The Kier molecular flexibility index (Phi) is 14.3. The molecule has 29 heteroatoms. The zero-order valence-corrected chi connectivity index (χ0v) is 40.3. The number of carbonyl (C=O) groups excluding carboxylic acids is 2. The number of sulfone groups is 1. The van der Waals surface area contributed by atoms with Gasteiger partial charge in [-0.2, -0.15) is 45.3 Å². The Morgan fingerprint density at radius 2 is 1.62 bits per heavy atom. The molecule has 16 nitrogen and oxygen atoms in total. The van der Waals surface area contributed by atoms with Gasteiger partial charge in [0.25, 0.3) is 5.92 Å². The molecule has 0 radical (unpaired) electrons. The Hall–Kier alpha value is -6.31. The summed E-state index contributed by atoms with van der Waals surface area (Å²) in [6.45, 7) is -0.794. The van der Waals surface area contributed by atoms with Gasteiger partial charge in [0, 0.05) is 46.7 Å². The van der Waals surface area contributed by atoms with Crippen molar-refractivity contribution in [2.24, 2.45) is 11.7 Å². The number of pyridine rings is 1. The van der Waals surface area contributed by atoms with Crippen LogP contribution in [-0.4, -0.2) is 87.5 Å². The number of carboxylic acids is 1. The summed E-state index contributed by atoms with van der Waals surface area (Å²) < 4.78 is 199. The van der Waals surface area contributed by atoms with Crippen molar-refractivity contribution in [1.82, 2.24) is 34.6 Å². The van der Waals surface area contributed by atoms with E-state index in [2.05, 4.69) is 32.3 Å². The van der Waals surface area contributed by atoms with Crippen molar-refractivity contribution in [3.05, 3.63) is 98.7 Å². The minimum absolute atomic E-state index is 0.183. The molecule has 0 saturated heterocycles. The summed E-state index contributed by atoms with van der Waals surface area (Å²) >= 11 is 6.56. The van der Waals surface area contributed by atoms with Gasteiger partial charge in [0.15, 0.2) is 15.5 Å². The molecular weight excluding hydrogens is 1060 g/mol. The predicted molar refractivity (Wildman–Crippen MR) is 238 cm³/mol. The van der Waals surface area contributed by atoms with E-state index in [0.29, 0.717) is 10.7 Å². The predicted octanol–water partition coefficient (Wildman–Crippen LogP) is 6.43. The van der Waals surface area contributed by atoms with E-state index < -0.39 is 179 Å². The first-order chi connectivity index (χ1) is 33.6. The number of sulfonamides is 1. The molecule has 73 heavy (non-hydrogen) atoms. The zero-order chi connectivity index (χ0) is 54.1. The molecule has 2 aliphatic rings. The Bertz CT molecular complexity index is 3370. The van der Waals surface area contributed by atoms with E-state index in [1.54, 1.807) is 4.72 Å². The van der Waals surface area contributed by atoms with Gasteiger partial charge in [-0.1, -0.05) is 23.6 Å². The smallest absolute Gasteiger partial charge is 0.435 e. The third kappa shape index (κ3) is 11.7.